The molecular formula is C15H15BrN4O4S. The first-order valence-electron chi connectivity index (χ1n) is 7.20. The Labute approximate surface area is 153 Å². The van der Waals surface area contributed by atoms with E-state index in [9.17, 15) is 13.2 Å². The van der Waals surface area contributed by atoms with Crippen LogP contribution in [0, 0.1) is 0 Å². The largest absolute Gasteiger partial charge is 0.476 e. The van der Waals surface area contributed by atoms with Crippen LogP contribution in [0.5, 0.6) is 5.75 Å². The molecule has 0 atom stereocenters. The molecule has 0 radical (unpaired) electrons. The minimum absolute atomic E-state index is 0.203. The molecule has 8 nitrogen and oxygen atoms in total. The summed E-state index contributed by atoms with van der Waals surface area (Å²) >= 11 is 3.26. The number of fused-ring (bicyclic) bond motifs is 1. The van der Waals surface area contributed by atoms with Gasteiger partial charge in [0.1, 0.15) is 5.75 Å². The number of nitrogens with one attached hydrogen (secondary N) is 1. The number of anilines is 3. The van der Waals surface area contributed by atoms with Gasteiger partial charge in [-0.1, -0.05) is 0 Å². The standard InChI is InChI=1S/C15H15BrN4O4S/c1-15(2)13(21)20(14-17-7-9(16)8-18-14)11-5-4-10(6-12(11)24-15)19-25(3,22)23/h4-8,19H,1-3H3. The van der Waals surface area contributed by atoms with E-state index in [0.29, 0.717) is 21.6 Å². The second-order valence-electron chi connectivity index (χ2n) is 6.01. The predicted molar refractivity (Wildman–Crippen MR) is 96.5 cm³/mol. The third-order valence-electron chi connectivity index (χ3n) is 3.39. The van der Waals surface area contributed by atoms with Crippen molar-refractivity contribution < 1.29 is 17.9 Å². The molecular weight excluding hydrogens is 412 g/mol. The number of benzene rings is 1. The van der Waals surface area contributed by atoms with Gasteiger partial charge in [0.2, 0.25) is 16.0 Å². The van der Waals surface area contributed by atoms with Crippen LogP contribution in [-0.4, -0.2) is 36.1 Å². The lowest BCUT2D eigenvalue weighted by Gasteiger charge is -2.37. The van der Waals surface area contributed by atoms with Crippen molar-refractivity contribution in [2.24, 2.45) is 0 Å². The van der Waals surface area contributed by atoms with Crippen LogP contribution in [0.25, 0.3) is 0 Å². The average molecular weight is 427 g/mol. The lowest BCUT2D eigenvalue weighted by atomic mass is 10.0. The summed E-state index contributed by atoms with van der Waals surface area (Å²) in [6, 6.07) is 4.65. The molecule has 3 rings (SSSR count). The van der Waals surface area contributed by atoms with Gasteiger partial charge in [0, 0.05) is 18.5 Å². The number of ether oxygens (including phenoxy) is 1. The van der Waals surface area contributed by atoms with Crippen LogP contribution in [0.1, 0.15) is 13.8 Å². The molecule has 0 spiro atoms. The number of sulfonamides is 1. The predicted octanol–water partition coefficient (Wildman–Crippen LogP) is 2.45. The fraction of sp³-hybridized carbons (Fsp3) is 0.267. The average Bonchev–Trinajstić information content (AvgIpc) is 2.48. The van der Waals surface area contributed by atoms with Gasteiger partial charge < -0.3 is 4.74 Å². The molecule has 2 heterocycles. The van der Waals surface area contributed by atoms with Gasteiger partial charge in [0.15, 0.2) is 5.60 Å². The number of nitrogens with zero attached hydrogens (tertiary/aromatic N) is 3. The molecule has 0 aliphatic carbocycles. The molecule has 1 aromatic carbocycles. The van der Waals surface area contributed by atoms with Gasteiger partial charge in [0.05, 0.1) is 22.1 Å². The Kier molecular flexibility index (Phi) is 4.20. The van der Waals surface area contributed by atoms with Gasteiger partial charge in [-0.15, -0.1) is 0 Å². The van der Waals surface area contributed by atoms with Crippen molar-refractivity contribution in [2.75, 3.05) is 15.9 Å². The number of hydrogen-bond donors (Lipinski definition) is 1. The van der Waals surface area contributed by atoms with E-state index in [1.807, 2.05) is 0 Å². The van der Waals surface area contributed by atoms with Crippen LogP contribution in [0.15, 0.2) is 35.1 Å². The van der Waals surface area contributed by atoms with Crippen LogP contribution in [-0.2, 0) is 14.8 Å². The van der Waals surface area contributed by atoms with Gasteiger partial charge in [-0.25, -0.2) is 23.3 Å². The second-order valence-corrected chi connectivity index (χ2v) is 8.68. The van der Waals surface area contributed by atoms with Crippen molar-refractivity contribution in [3.63, 3.8) is 0 Å². The highest BCUT2D eigenvalue weighted by Gasteiger charge is 2.42. The summed E-state index contributed by atoms with van der Waals surface area (Å²) in [5.41, 5.74) is -0.388. The first kappa shape index (κ1) is 17.6. The quantitative estimate of drug-likeness (QED) is 0.808. The molecule has 1 amide bonds. The van der Waals surface area contributed by atoms with Crippen molar-refractivity contribution in [1.82, 2.24) is 9.97 Å². The third kappa shape index (κ3) is 3.59. The van der Waals surface area contributed by atoms with Crippen molar-refractivity contribution in [3.05, 3.63) is 35.1 Å². The van der Waals surface area contributed by atoms with E-state index < -0.39 is 15.6 Å². The Morgan fingerprint density at radius 2 is 1.88 bits per heavy atom. The fourth-order valence-corrected chi connectivity index (χ4v) is 3.13. The monoisotopic (exact) mass is 426 g/mol. The van der Waals surface area contributed by atoms with Crippen LogP contribution < -0.4 is 14.4 Å². The van der Waals surface area contributed by atoms with Crippen molar-refractivity contribution in [1.29, 1.82) is 0 Å². The van der Waals surface area contributed by atoms with Crippen LogP contribution in [0.3, 0.4) is 0 Å². The number of carbonyl (C=O) groups excluding carboxylic acids is 1. The highest BCUT2D eigenvalue weighted by molar-refractivity contribution is 9.10. The lowest BCUT2D eigenvalue weighted by molar-refractivity contribution is -0.131. The maximum absolute atomic E-state index is 12.8. The van der Waals surface area contributed by atoms with Crippen LogP contribution >= 0.6 is 15.9 Å². The lowest BCUT2D eigenvalue weighted by Crippen LogP contribution is -2.51. The summed E-state index contributed by atoms with van der Waals surface area (Å²) in [7, 11) is -3.43. The first-order valence-corrected chi connectivity index (χ1v) is 9.88. The Balaban J connectivity index is 2.11. The molecule has 1 aliphatic rings. The molecule has 10 heteroatoms. The minimum Gasteiger partial charge on any atom is -0.476 e. The number of halogens is 1. The third-order valence-corrected chi connectivity index (χ3v) is 4.41. The van der Waals surface area contributed by atoms with Crippen molar-refractivity contribution >= 4 is 49.2 Å². The number of amides is 1. The number of carbonyl (C=O) groups is 1. The maximum Gasteiger partial charge on any atom is 0.277 e. The smallest absolute Gasteiger partial charge is 0.277 e. The molecule has 1 N–H and O–H groups in total. The highest BCUT2D eigenvalue weighted by atomic mass is 79.9. The zero-order valence-corrected chi connectivity index (χ0v) is 16.1. The molecule has 0 fully saturated rings. The normalized spacial score (nSPS) is 16.2. The maximum atomic E-state index is 12.8. The first-order chi connectivity index (χ1) is 11.6. The van der Waals surface area contributed by atoms with E-state index in [1.165, 1.54) is 23.4 Å². The van der Waals surface area contributed by atoms with E-state index in [1.54, 1.807) is 26.0 Å². The molecule has 0 bridgehead atoms. The summed E-state index contributed by atoms with van der Waals surface area (Å²) < 4.78 is 31.7. The van der Waals surface area contributed by atoms with Gasteiger partial charge in [-0.2, -0.15) is 0 Å². The van der Waals surface area contributed by atoms with Crippen LogP contribution in [0.4, 0.5) is 17.3 Å². The molecule has 1 aliphatic heterocycles. The van der Waals surface area contributed by atoms with Gasteiger partial charge >= 0.3 is 0 Å². The zero-order valence-electron chi connectivity index (χ0n) is 13.6. The summed E-state index contributed by atoms with van der Waals surface area (Å²) in [6.45, 7) is 3.25. The van der Waals surface area contributed by atoms with Crippen molar-refractivity contribution in [3.8, 4) is 5.75 Å². The number of rotatable bonds is 3. The molecule has 2 aromatic rings. The molecule has 0 unspecified atom stereocenters. The van der Waals surface area contributed by atoms with E-state index >= 15 is 0 Å². The summed E-state index contributed by atoms with van der Waals surface area (Å²) in [4.78, 5) is 22.5. The summed E-state index contributed by atoms with van der Waals surface area (Å²) in [5, 5.41) is 0. The Morgan fingerprint density at radius 3 is 2.48 bits per heavy atom. The van der Waals surface area contributed by atoms with E-state index in [-0.39, 0.29) is 11.9 Å². The Hall–Kier alpha value is -2.20. The molecule has 1 aromatic heterocycles. The SMILES string of the molecule is CC1(C)Oc2cc(NS(C)(=O)=O)ccc2N(c2ncc(Br)cn2)C1=O. The molecule has 25 heavy (non-hydrogen) atoms. The topological polar surface area (TPSA) is 101 Å². The van der Waals surface area contributed by atoms with Gasteiger partial charge in [-0.05, 0) is 41.9 Å². The van der Waals surface area contributed by atoms with E-state index in [4.69, 9.17) is 4.74 Å². The molecule has 0 saturated carbocycles. The fourth-order valence-electron chi connectivity index (χ4n) is 2.37. The van der Waals surface area contributed by atoms with E-state index in [0.717, 1.165) is 6.26 Å². The molecule has 132 valence electrons. The second kappa shape index (κ2) is 5.95. The van der Waals surface area contributed by atoms with Gasteiger partial charge in [-0.3, -0.25) is 9.52 Å². The number of aromatic nitrogens is 2. The zero-order chi connectivity index (χ0) is 18.4. The minimum atomic E-state index is -3.43. The highest BCUT2D eigenvalue weighted by Crippen LogP contribution is 2.42. The van der Waals surface area contributed by atoms with E-state index in [2.05, 4.69) is 30.6 Å². The summed E-state index contributed by atoms with van der Waals surface area (Å²) in [5.74, 6) is 0.227. The number of hydrogen-bond acceptors (Lipinski definition) is 6. The molecule has 0 saturated heterocycles. The van der Waals surface area contributed by atoms with Gasteiger partial charge in [0.25, 0.3) is 5.91 Å². The Morgan fingerprint density at radius 1 is 1.24 bits per heavy atom. The summed E-state index contributed by atoms with van der Waals surface area (Å²) in [6.07, 6.45) is 4.14. The van der Waals surface area contributed by atoms with Crippen molar-refractivity contribution in [2.45, 2.75) is 19.4 Å². The Bertz CT molecular complexity index is 945. The van der Waals surface area contributed by atoms with Crippen LogP contribution in [0.2, 0.25) is 0 Å².